The maximum Gasteiger partial charge on any atom is 0.242 e. The number of nitrogen functional groups attached to an aromatic ring is 1. The van der Waals surface area contributed by atoms with Gasteiger partial charge in [-0.3, -0.25) is 4.57 Å². The van der Waals surface area contributed by atoms with Crippen LogP contribution in [0.3, 0.4) is 0 Å². The number of imidazole rings is 1. The molecule has 90 valence electrons. The van der Waals surface area contributed by atoms with E-state index in [4.69, 9.17) is 10.5 Å². The Morgan fingerprint density at radius 1 is 1.35 bits per heavy atom. The van der Waals surface area contributed by atoms with Crippen LogP contribution in [0, 0.1) is 0 Å². The highest BCUT2D eigenvalue weighted by atomic mass is 16.5. The van der Waals surface area contributed by atoms with E-state index in [1.807, 2.05) is 10.8 Å². The molecule has 0 spiro atoms. The maximum atomic E-state index is 5.95. The third-order valence-corrected chi connectivity index (χ3v) is 2.44. The molecule has 0 bridgehead atoms. The highest BCUT2D eigenvalue weighted by Crippen LogP contribution is 2.24. The predicted molar refractivity (Wildman–Crippen MR) is 64.1 cm³/mol. The van der Waals surface area contributed by atoms with Gasteiger partial charge >= 0.3 is 0 Å². The van der Waals surface area contributed by atoms with Gasteiger partial charge < -0.3 is 10.5 Å². The summed E-state index contributed by atoms with van der Waals surface area (Å²) >= 11 is 0. The van der Waals surface area contributed by atoms with Crippen molar-refractivity contribution in [3.63, 3.8) is 0 Å². The molecule has 0 aliphatic rings. The number of aryl methyl sites for hydroxylation is 1. The van der Waals surface area contributed by atoms with E-state index in [1.165, 1.54) is 13.4 Å². The average molecular weight is 233 g/mol. The predicted octanol–water partition coefficient (Wildman–Crippen LogP) is 1.21. The van der Waals surface area contributed by atoms with Gasteiger partial charge in [0.2, 0.25) is 5.88 Å². The molecule has 0 aliphatic carbocycles. The van der Waals surface area contributed by atoms with Gasteiger partial charge in [0.05, 0.1) is 7.11 Å². The third kappa shape index (κ3) is 2.06. The number of methoxy groups -OCH3 is 1. The zero-order chi connectivity index (χ0) is 12.3. The van der Waals surface area contributed by atoms with Crippen molar-refractivity contribution in [3.8, 4) is 11.7 Å². The molecule has 2 N–H and O–H groups in total. The number of anilines is 1. The minimum absolute atomic E-state index is 0.381. The molecule has 6 heteroatoms. The molecule has 2 heterocycles. The fourth-order valence-electron chi connectivity index (χ4n) is 1.66. The van der Waals surface area contributed by atoms with Crippen LogP contribution in [0.25, 0.3) is 5.82 Å². The van der Waals surface area contributed by atoms with Crippen LogP contribution in [0.2, 0.25) is 0 Å². The van der Waals surface area contributed by atoms with Gasteiger partial charge in [-0.05, 0) is 6.42 Å². The molecule has 0 saturated heterocycles. The van der Waals surface area contributed by atoms with Gasteiger partial charge in [-0.1, -0.05) is 6.92 Å². The molecule has 2 rings (SSSR count). The van der Waals surface area contributed by atoms with E-state index in [9.17, 15) is 0 Å². The van der Waals surface area contributed by atoms with Crippen LogP contribution in [0.1, 0.15) is 19.2 Å². The Hall–Kier alpha value is -2.11. The van der Waals surface area contributed by atoms with Crippen LogP contribution >= 0.6 is 0 Å². The molecular weight excluding hydrogens is 218 g/mol. The zero-order valence-electron chi connectivity index (χ0n) is 9.92. The maximum absolute atomic E-state index is 5.95. The molecule has 0 atom stereocenters. The third-order valence-electron chi connectivity index (χ3n) is 2.44. The van der Waals surface area contributed by atoms with Crippen LogP contribution < -0.4 is 10.5 Å². The quantitative estimate of drug-likeness (QED) is 0.858. The van der Waals surface area contributed by atoms with Crippen molar-refractivity contribution in [1.29, 1.82) is 0 Å². The SMILES string of the molecule is CCCc1nccn1-c1ncnc(OC)c1N. The number of ether oxygens (including phenoxy) is 1. The number of hydrogen-bond donors (Lipinski definition) is 1. The summed E-state index contributed by atoms with van der Waals surface area (Å²) in [5, 5.41) is 0. The van der Waals surface area contributed by atoms with Gasteiger partial charge in [0, 0.05) is 18.8 Å². The van der Waals surface area contributed by atoms with Crippen molar-refractivity contribution in [2.24, 2.45) is 0 Å². The minimum atomic E-state index is 0.381. The van der Waals surface area contributed by atoms with Gasteiger partial charge in [0.1, 0.15) is 17.8 Å². The Morgan fingerprint density at radius 2 is 2.18 bits per heavy atom. The van der Waals surface area contributed by atoms with E-state index in [1.54, 1.807) is 6.20 Å². The molecule has 0 aromatic carbocycles. The fraction of sp³-hybridized carbons (Fsp3) is 0.364. The van der Waals surface area contributed by atoms with Crippen LogP contribution in [0.15, 0.2) is 18.7 Å². The smallest absolute Gasteiger partial charge is 0.242 e. The van der Waals surface area contributed by atoms with E-state index in [0.29, 0.717) is 17.4 Å². The number of nitrogens with zero attached hydrogens (tertiary/aromatic N) is 4. The summed E-state index contributed by atoms with van der Waals surface area (Å²) < 4.78 is 6.94. The van der Waals surface area contributed by atoms with E-state index in [-0.39, 0.29) is 0 Å². The molecule has 2 aromatic heterocycles. The summed E-state index contributed by atoms with van der Waals surface area (Å²) in [4.78, 5) is 12.4. The van der Waals surface area contributed by atoms with Gasteiger partial charge in [-0.2, -0.15) is 4.98 Å². The number of hydrogen-bond acceptors (Lipinski definition) is 5. The first kappa shape index (κ1) is 11.4. The zero-order valence-corrected chi connectivity index (χ0v) is 9.92. The summed E-state index contributed by atoms with van der Waals surface area (Å²) in [7, 11) is 1.53. The summed E-state index contributed by atoms with van der Waals surface area (Å²) in [6.45, 7) is 2.10. The largest absolute Gasteiger partial charge is 0.479 e. The number of rotatable bonds is 4. The van der Waals surface area contributed by atoms with Gasteiger partial charge in [0.25, 0.3) is 0 Å². The molecular formula is C11H15N5O. The van der Waals surface area contributed by atoms with Crippen LogP contribution in [0.5, 0.6) is 5.88 Å². The summed E-state index contributed by atoms with van der Waals surface area (Å²) in [5.74, 6) is 1.92. The monoisotopic (exact) mass is 233 g/mol. The second kappa shape index (κ2) is 4.82. The molecule has 0 aliphatic heterocycles. The summed E-state index contributed by atoms with van der Waals surface area (Å²) in [6, 6.07) is 0. The highest BCUT2D eigenvalue weighted by molar-refractivity contribution is 5.60. The number of aromatic nitrogens is 4. The lowest BCUT2D eigenvalue weighted by atomic mass is 10.3. The second-order valence-electron chi connectivity index (χ2n) is 3.58. The Balaban J connectivity index is 2.49. The topological polar surface area (TPSA) is 78.8 Å². The standard InChI is InChI=1S/C11H15N5O/c1-3-4-8-13-5-6-16(8)10-9(12)11(17-2)15-7-14-10/h5-7H,3-4,12H2,1-2H3. The molecule has 6 nitrogen and oxygen atoms in total. The Bertz CT molecular complexity index is 508. The lowest BCUT2D eigenvalue weighted by molar-refractivity contribution is 0.399. The van der Waals surface area contributed by atoms with E-state index in [0.717, 1.165) is 18.7 Å². The average Bonchev–Trinajstić information content (AvgIpc) is 2.78. The first-order valence-corrected chi connectivity index (χ1v) is 5.45. The van der Waals surface area contributed by atoms with Crippen molar-refractivity contribution in [1.82, 2.24) is 19.5 Å². The van der Waals surface area contributed by atoms with Crippen molar-refractivity contribution < 1.29 is 4.74 Å². The Labute approximate surface area is 99.5 Å². The Morgan fingerprint density at radius 3 is 2.88 bits per heavy atom. The molecule has 17 heavy (non-hydrogen) atoms. The van der Waals surface area contributed by atoms with Crippen molar-refractivity contribution in [2.75, 3.05) is 12.8 Å². The van der Waals surface area contributed by atoms with E-state index >= 15 is 0 Å². The van der Waals surface area contributed by atoms with Crippen molar-refractivity contribution >= 4 is 5.69 Å². The van der Waals surface area contributed by atoms with E-state index < -0.39 is 0 Å². The normalized spacial score (nSPS) is 10.5. The number of nitrogens with two attached hydrogens (primary N) is 1. The summed E-state index contributed by atoms with van der Waals surface area (Å²) in [6.07, 6.45) is 6.89. The Kier molecular flexibility index (Phi) is 3.22. The molecule has 2 aromatic rings. The lowest BCUT2D eigenvalue weighted by Crippen LogP contribution is -2.08. The van der Waals surface area contributed by atoms with Crippen molar-refractivity contribution in [2.45, 2.75) is 19.8 Å². The first-order chi connectivity index (χ1) is 8.27. The fourth-order valence-corrected chi connectivity index (χ4v) is 1.66. The van der Waals surface area contributed by atoms with Gasteiger partial charge in [0.15, 0.2) is 5.82 Å². The lowest BCUT2D eigenvalue weighted by Gasteiger charge is -2.10. The summed E-state index contributed by atoms with van der Waals surface area (Å²) in [5.41, 5.74) is 6.37. The van der Waals surface area contributed by atoms with Crippen LogP contribution in [0.4, 0.5) is 5.69 Å². The van der Waals surface area contributed by atoms with E-state index in [2.05, 4.69) is 21.9 Å². The minimum Gasteiger partial charge on any atom is -0.479 e. The molecule has 0 radical (unpaired) electrons. The van der Waals surface area contributed by atoms with Crippen LogP contribution in [-0.4, -0.2) is 26.6 Å². The van der Waals surface area contributed by atoms with Crippen molar-refractivity contribution in [3.05, 3.63) is 24.5 Å². The second-order valence-corrected chi connectivity index (χ2v) is 3.58. The highest BCUT2D eigenvalue weighted by Gasteiger charge is 2.12. The molecule has 0 fully saturated rings. The van der Waals surface area contributed by atoms with Gasteiger partial charge in [-0.25, -0.2) is 9.97 Å². The first-order valence-electron chi connectivity index (χ1n) is 5.45. The molecule has 0 unspecified atom stereocenters. The van der Waals surface area contributed by atoms with Gasteiger partial charge in [-0.15, -0.1) is 0 Å². The molecule has 0 saturated carbocycles. The van der Waals surface area contributed by atoms with Crippen LogP contribution in [-0.2, 0) is 6.42 Å². The molecule has 0 amide bonds.